The fourth-order valence-corrected chi connectivity index (χ4v) is 5.32. The van der Waals surface area contributed by atoms with Crippen molar-refractivity contribution in [2.75, 3.05) is 9.96 Å². The zero-order valence-corrected chi connectivity index (χ0v) is 20.7. The average Bonchev–Trinajstić information content (AvgIpc) is 3.56. The van der Waals surface area contributed by atoms with Gasteiger partial charge in [-0.25, -0.2) is 9.96 Å². The Morgan fingerprint density at radius 1 is 0.722 bits per heavy atom. The molecule has 0 unspecified atom stereocenters. The number of carbonyl (C=O) groups excluding carboxylic acids is 2. The maximum absolute atomic E-state index is 13.7. The molecule has 0 aliphatic carbocycles. The zero-order valence-electron chi connectivity index (χ0n) is 18.5. The lowest BCUT2D eigenvalue weighted by molar-refractivity contribution is -0.126. The number of fused-ring (bicyclic) bond motifs is 1. The molecule has 0 spiro atoms. The lowest BCUT2D eigenvalue weighted by Crippen LogP contribution is -2.37. The summed E-state index contributed by atoms with van der Waals surface area (Å²) >= 11 is 18.4. The van der Waals surface area contributed by atoms with Gasteiger partial charge in [0.15, 0.2) is 6.10 Å². The SMILES string of the molecule is O=C1[C@H]2[C@@H](ON(c3ccccc3)[C@H]2c2ccc(-c3ccc(Cl)cc3Cl)o2)C(=O)N1c1ccc(Cl)cc1. The van der Waals surface area contributed by atoms with Crippen molar-refractivity contribution >= 4 is 58.0 Å². The van der Waals surface area contributed by atoms with Gasteiger partial charge in [0, 0.05) is 15.6 Å². The van der Waals surface area contributed by atoms with E-state index in [2.05, 4.69) is 0 Å². The van der Waals surface area contributed by atoms with Crippen LogP contribution in [0.3, 0.4) is 0 Å². The van der Waals surface area contributed by atoms with Crippen molar-refractivity contribution < 1.29 is 18.8 Å². The molecule has 0 N–H and O–H groups in total. The van der Waals surface area contributed by atoms with E-state index in [-0.39, 0.29) is 5.91 Å². The molecule has 180 valence electrons. The molecule has 0 bridgehead atoms. The third-order valence-electron chi connectivity index (χ3n) is 6.33. The molecule has 9 heteroatoms. The van der Waals surface area contributed by atoms with Gasteiger partial charge >= 0.3 is 0 Å². The Morgan fingerprint density at radius 2 is 1.44 bits per heavy atom. The summed E-state index contributed by atoms with van der Waals surface area (Å²) in [6.07, 6.45) is -1.01. The van der Waals surface area contributed by atoms with Gasteiger partial charge in [0.1, 0.15) is 23.5 Å². The molecule has 2 aliphatic heterocycles. The van der Waals surface area contributed by atoms with Crippen molar-refractivity contribution in [2.45, 2.75) is 12.1 Å². The van der Waals surface area contributed by atoms with E-state index in [4.69, 9.17) is 44.1 Å². The number of imide groups is 1. The minimum atomic E-state index is -1.01. The number of halogens is 3. The lowest BCUT2D eigenvalue weighted by Gasteiger charge is -2.27. The average molecular weight is 540 g/mol. The van der Waals surface area contributed by atoms with Gasteiger partial charge in [0.2, 0.25) is 5.91 Å². The summed E-state index contributed by atoms with van der Waals surface area (Å²) in [6, 6.07) is 23.8. The number of para-hydroxylation sites is 1. The molecule has 36 heavy (non-hydrogen) atoms. The quantitative estimate of drug-likeness (QED) is 0.262. The van der Waals surface area contributed by atoms with E-state index in [0.717, 1.165) is 4.90 Å². The summed E-state index contributed by atoms with van der Waals surface area (Å²) < 4.78 is 6.23. The third-order valence-corrected chi connectivity index (χ3v) is 7.13. The Hall–Kier alpha value is -3.29. The van der Waals surface area contributed by atoms with Gasteiger partial charge in [-0.2, -0.15) is 0 Å². The molecular formula is C27H17Cl3N2O4. The van der Waals surface area contributed by atoms with Crippen molar-refractivity contribution in [3.05, 3.63) is 106 Å². The summed E-state index contributed by atoms with van der Waals surface area (Å²) in [6.45, 7) is 0. The van der Waals surface area contributed by atoms with Crippen LogP contribution in [0, 0.1) is 5.92 Å². The van der Waals surface area contributed by atoms with E-state index in [1.165, 1.54) is 0 Å². The first-order chi connectivity index (χ1) is 17.4. The van der Waals surface area contributed by atoms with E-state index in [1.54, 1.807) is 59.7 Å². The maximum Gasteiger partial charge on any atom is 0.266 e. The van der Waals surface area contributed by atoms with Crippen LogP contribution in [0.25, 0.3) is 11.3 Å². The highest BCUT2D eigenvalue weighted by Gasteiger charge is 2.61. The Kier molecular flexibility index (Phi) is 5.77. The minimum absolute atomic E-state index is 0.377. The fraction of sp³-hybridized carbons (Fsp3) is 0.111. The van der Waals surface area contributed by atoms with Gasteiger partial charge in [-0.1, -0.05) is 53.0 Å². The summed E-state index contributed by atoms with van der Waals surface area (Å²) in [5.41, 5.74) is 1.79. The highest BCUT2D eigenvalue weighted by Crippen LogP contribution is 2.48. The topological polar surface area (TPSA) is 63.0 Å². The lowest BCUT2D eigenvalue weighted by atomic mass is 9.94. The van der Waals surface area contributed by atoms with E-state index in [0.29, 0.717) is 43.5 Å². The number of rotatable bonds is 4. The van der Waals surface area contributed by atoms with Crippen LogP contribution < -0.4 is 9.96 Å². The third kappa shape index (κ3) is 3.78. The van der Waals surface area contributed by atoms with Crippen LogP contribution >= 0.6 is 34.8 Å². The van der Waals surface area contributed by atoms with Crippen molar-refractivity contribution in [1.82, 2.24) is 0 Å². The second-order valence-electron chi connectivity index (χ2n) is 8.47. The molecule has 0 saturated carbocycles. The fourth-order valence-electron chi connectivity index (χ4n) is 4.69. The number of hydroxylamine groups is 1. The number of carbonyl (C=O) groups is 2. The predicted octanol–water partition coefficient (Wildman–Crippen LogP) is 6.96. The normalized spacial score (nSPS) is 21.4. The summed E-state index contributed by atoms with van der Waals surface area (Å²) in [5, 5.41) is 3.03. The van der Waals surface area contributed by atoms with Crippen LogP contribution in [0.1, 0.15) is 11.8 Å². The molecule has 1 aromatic heterocycles. The minimum Gasteiger partial charge on any atom is -0.459 e. The van der Waals surface area contributed by atoms with Crippen LogP contribution in [-0.2, 0) is 14.4 Å². The number of anilines is 2. The molecule has 0 radical (unpaired) electrons. The van der Waals surface area contributed by atoms with Crippen molar-refractivity contribution in [3.63, 3.8) is 0 Å². The molecule has 2 saturated heterocycles. The van der Waals surface area contributed by atoms with Gasteiger partial charge in [-0.05, 0) is 66.7 Å². The van der Waals surface area contributed by atoms with Crippen LogP contribution in [-0.4, -0.2) is 17.9 Å². The summed E-state index contributed by atoms with van der Waals surface area (Å²) in [4.78, 5) is 34.4. The van der Waals surface area contributed by atoms with Crippen molar-refractivity contribution in [2.24, 2.45) is 5.92 Å². The standard InChI is InChI=1S/C27H17Cl3N2O4/c28-15-6-9-17(10-7-15)31-26(33)23-24(32(36-25(23)27(31)34)18-4-2-1-3-5-18)22-13-12-21(35-22)19-11-8-16(29)14-20(19)30/h1-14,23-25H/t23-,24+,25-/m1/s1. The predicted molar refractivity (Wildman–Crippen MR) is 138 cm³/mol. The van der Waals surface area contributed by atoms with Gasteiger partial charge in [-0.3, -0.25) is 14.4 Å². The van der Waals surface area contributed by atoms with Crippen LogP contribution in [0.15, 0.2) is 89.3 Å². The van der Waals surface area contributed by atoms with E-state index < -0.39 is 24.0 Å². The largest absolute Gasteiger partial charge is 0.459 e. The second kappa shape index (κ2) is 8.98. The number of nitrogens with zero attached hydrogens (tertiary/aromatic N) is 2. The van der Waals surface area contributed by atoms with Gasteiger partial charge < -0.3 is 4.42 Å². The number of furan rings is 1. The molecule has 6 rings (SSSR count). The Bertz CT molecular complexity index is 1470. The first kappa shape index (κ1) is 23.1. The van der Waals surface area contributed by atoms with Gasteiger partial charge in [0.25, 0.3) is 5.91 Å². The molecule has 6 nitrogen and oxygen atoms in total. The number of benzene rings is 3. The van der Waals surface area contributed by atoms with E-state index >= 15 is 0 Å². The monoisotopic (exact) mass is 538 g/mol. The first-order valence-corrected chi connectivity index (χ1v) is 12.3. The highest BCUT2D eigenvalue weighted by atomic mass is 35.5. The molecular weight excluding hydrogens is 523 g/mol. The molecule has 2 fully saturated rings. The summed E-state index contributed by atoms with van der Waals surface area (Å²) in [5.74, 6) is -0.671. The number of amides is 2. The second-order valence-corrected chi connectivity index (χ2v) is 9.75. The first-order valence-electron chi connectivity index (χ1n) is 11.1. The summed E-state index contributed by atoms with van der Waals surface area (Å²) in [7, 11) is 0. The Balaban J connectivity index is 1.42. The van der Waals surface area contributed by atoms with Gasteiger partial charge in [-0.15, -0.1) is 0 Å². The molecule has 4 aromatic rings. The zero-order chi connectivity index (χ0) is 25.0. The van der Waals surface area contributed by atoms with Crippen LogP contribution in [0.2, 0.25) is 15.1 Å². The van der Waals surface area contributed by atoms with Crippen molar-refractivity contribution in [3.8, 4) is 11.3 Å². The molecule has 3 aromatic carbocycles. The molecule has 3 atom stereocenters. The van der Waals surface area contributed by atoms with E-state index in [1.807, 2.05) is 30.3 Å². The van der Waals surface area contributed by atoms with Gasteiger partial charge in [0.05, 0.1) is 16.4 Å². The number of hydrogen-bond donors (Lipinski definition) is 0. The van der Waals surface area contributed by atoms with E-state index in [9.17, 15) is 9.59 Å². The van der Waals surface area contributed by atoms with Crippen LogP contribution in [0.4, 0.5) is 11.4 Å². The smallest absolute Gasteiger partial charge is 0.266 e. The molecule has 3 heterocycles. The van der Waals surface area contributed by atoms with Crippen LogP contribution in [0.5, 0.6) is 0 Å². The highest BCUT2D eigenvalue weighted by molar-refractivity contribution is 6.36. The Morgan fingerprint density at radius 3 is 2.17 bits per heavy atom. The Labute approximate surface area is 221 Å². The maximum atomic E-state index is 13.7. The van der Waals surface area contributed by atoms with Crippen molar-refractivity contribution in [1.29, 1.82) is 0 Å². The number of hydrogen-bond acceptors (Lipinski definition) is 5. The molecule has 2 amide bonds. The molecule has 2 aliphatic rings.